The summed E-state index contributed by atoms with van der Waals surface area (Å²) in [7, 11) is 0. The van der Waals surface area contributed by atoms with Crippen molar-refractivity contribution in [3.63, 3.8) is 0 Å². The van der Waals surface area contributed by atoms with Crippen LogP contribution in [0.2, 0.25) is 0 Å². The minimum absolute atomic E-state index is 0.0131. The Hall–Kier alpha value is -3.15. The number of aliphatic hydroxyl groups excluding tert-OH is 2. The Morgan fingerprint density at radius 3 is 2.69 bits per heavy atom. The van der Waals surface area contributed by atoms with E-state index in [9.17, 15) is 29.9 Å². The first-order chi connectivity index (χ1) is 21.5. The highest BCUT2D eigenvalue weighted by molar-refractivity contribution is 7.98. The van der Waals surface area contributed by atoms with Crippen LogP contribution in [-0.2, 0) is 24.8 Å². The number of fused-ring (bicyclic) bond motifs is 7. The Kier molecular flexibility index (Phi) is 7.44. The van der Waals surface area contributed by atoms with Gasteiger partial charge in [0.1, 0.15) is 6.61 Å². The predicted molar refractivity (Wildman–Crippen MR) is 166 cm³/mol. The van der Waals surface area contributed by atoms with Gasteiger partial charge >= 0.3 is 0 Å². The van der Waals surface area contributed by atoms with E-state index in [2.05, 4.69) is 6.92 Å². The van der Waals surface area contributed by atoms with E-state index in [1.807, 2.05) is 43.3 Å². The largest absolute Gasteiger partial charge is 0.393 e. The summed E-state index contributed by atoms with van der Waals surface area (Å²) in [6.45, 7) is 3.46. The third kappa shape index (κ3) is 4.59. The number of nitro benzene ring substituents is 1. The molecule has 45 heavy (non-hydrogen) atoms. The fourth-order valence-electron chi connectivity index (χ4n) is 9.48. The predicted octanol–water partition coefficient (Wildman–Crippen LogP) is 5.49. The summed E-state index contributed by atoms with van der Waals surface area (Å²) in [6, 6.07) is 14.3. The highest BCUT2D eigenvalue weighted by Crippen LogP contribution is 2.70. The summed E-state index contributed by atoms with van der Waals surface area (Å²) in [4.78, 5) is 37.6. The van der Waals surface area contributed by atoms with Crippen molar-refractivity contribution in [2.75, 3.05) is 6.61 Å². The maximum atomic E-state index is 13.7. The van der Waals surface area contributed by atoms with Crippen LogP contribution >= 0.6 is 11.8 Å². The van der Waals surface area contributed by atoms with E-state index in [4.69, 9.17) is 9.47 Å². The summed E-state index contributed by atoms with van der Waals surface area (Å²) >= 11 is 1.56. The maximum Gasteiger partial charge on any atom is 0.269 e. The van der Waals surface area contributed by atoms with Crippen LogP contribution in [0.5, 0.6) is 0 Å². The summed E-state index contributed by atoms with van der Waals surface area (Å²) < 4.78 is 13.2. The van der Waals surface area contributed by atoms with Crippen LogP contribution in [0.25, 0.3) is 0 Å². The lowest BCUT2D eigenvalue weighted by Crippen LogP contribution is -2.63. The standard InChI is InChI=1S/C35H37NO8S/c1-33-13-12-24(38)15-22(33)8-11-26-27-16-30-35(29(40)18-37,34(27,2)17-28(39)31(26)33)44-32(43-30)21-6-9-25(10-7-21)45-19-20-4-3-5-23(14-20)36(41)42/h3-7,9-10,12-15,26-28,30-32,37,39H,8,11,16-19H2,1-2H3/t26?,27?,28?,30-,31?,32-,33?,34?,35-/m1/s1. The minimum atomic E-state index is -1.39. The fraction of sp³-hybridized carbons (Fsp3) is 0.486. The number of allylic oxidation sites excluding steroid dienone is 4. The summed E-state index contributed by atoms with van der Waals surface area (Å²) in [5.41, 5.74) is 0.154. The highest BCUT2D eigenvalue weighted by Gasteiger charge is 2.75. The number of thioether (sulfide) groups is 1. The van der Waals surface area contributed by atoms with Gasteiger partial charge < -0.3 is 19.7 Å². The molecule has 3 saturated carbocycles. The topological polar surface area (TPSA) is 136 Å². The number of Topliss-reactive ketones (excluding diaryl/α,β-unsaturated/α-hetero) is 1. The van der Waals surface area contributed by atoms with E-state index in [0.29, 0.717) is 18.6 Å². The molecule has 2 aromatic rings. The van der Waals surface area contributed by atoms with Gasteiger partial charge in [-0.05, 0) is 67.4 Å². The molecule has 2 aromatic carbocycles. The van der Waals surface area contributed by atoms with E-state index >= 15 is 0 Å². The van der Waals surface area contributed by atoms with Gasteiger partial charge in [0, 0.05) is 45.1 Å². The van der Waals surface area contributed by atoms with Crippen molar-refractivity contribution in [1.29, 1.82) is 0 Å². The van der Waals surface area contributed by atoms with E-state index in [1.165, 1.54) is 6.07 Å². The van der Waals surface area contributed by atoms with Crippen molar-refractivity contribution in [2.24, 2.45) is 28.6 Å². The molecule has 9 atom stereocenters. The second-order valence-corrected chi connectivity index (χ2v) is 14.7. The van der Waals surface area contributed by atoms with Crippen LogP contribution in [0, 0.1) is 38.7 Å². The second-order valence-electron chi connectivity index (χ2n) is 13.6. The van der Waals surface area contributed by atoms with Crippen LogP contribution in [-0.4, -0.2) is 51.1 Å². The molecule has 236 valence electrons. The van der Waals surface area contributed by atoms with Crippen molar-refractivity contribution in [2.45, 2.75) is 74.3 Å². The normalized spacial score (nSPS) is 38.1. The van der Waals surface area contributed by atoms with E-state index in [-0.39, 0.29) is 29.2 Å². The SMILES string of the molecule is CC12C=CC(=O)C=C1CCC1C2C(O)CC2(C)C1C[C@H]1O[C@@H](c3ccc(SCc4cccc([N+](=O)[O-])c4)cc3)O[C@]12C(=O)CO. The Morgan fingerprint density at radius 1 is 1.18 bits per heavy atom. The van der Waals surface area contributed by atoms with Gasteiger partial charge in [0.05, 0.1) is 17.1 Å². The smallest absolute Gasteiger partial charge is 0.269 e. The zero-order valence-corrected chi connectivity index (χ0v) is 26.1. The first-order valence-electron chi connectivity index (χ1n) is 15.6. The molecule has 0 amide bonds. The van der Waals surface area contributed by atoms with Crippen LogP contribution in [0.3, 0.4) is 0 Å². The molecule has 0 spiro atoms. The first kappa shape index (κ1) is 30.5. The molecule has 9 nitrogen and oxygen atoms in total. The molecule has 0 bridgehead atoms. The number of ether oxygens (including phenoxy) is 2. The lowest BCUT2D eigenvalue weighted by atomic mass is 9.46. The number of non-ortho nitro benzene ring substituents is 1. The molecule has 4 fully saturated rings. The molecule has 1 heterocycles. The molecule has 10 heteroatoms. The Bertz CT molecular complexity index is 1620. The number of nitrogens with zero attached hydrogens (tertiary/aromatic N) is 1. The van der Waals surface area contributed by atoms with Gasteiger partial charge in [0.25, 0.3) is 5.69 Å². The van der Waals surface area contributed by atoms with Crippen LogP contribution < -0.4 is 0 Å². The maximum absolute atomic E-state index is 13.7. The van der Waals surface area contributed by atoms with Gasteiger partial charge in [0.15, 0.2) is 23.5 Å². The van der Waals surface area contributed by atoms with Crippen molar-refractivity contribution >= 4 is 29.0 Å². The lowest BCUT2D eigenvalue weighted by molar-refractivity contribution is -0.384. The number of aliphatic hydroxyl groups is 2. The van der Waals surface area contributed by atoms with Gasteiger partial charge in [-0.15, -0.1) is 11.8 Å². The minimum Gasteiger partial charge on any atom is -0.393 e. The first-order valence-corrected chi connectivity index (χ1v) is 16.5. The number of ketones is 2. The van der Waals surface area contributed by atoms with Crippen LogP contribution in [0.15, 0.2) is 77.2 Å². The summed E-state index contributed by atoms with van der Waals surface area (Å²) in [6.07, 6.45) is 5.68. The molecule has 6 unspecified atom stereocenters. The van der Waals surface area contributed by atoms with Crippen molar-refractivity contribution < 1.29 is 34.2 Å². The highest BCUT2D eigenvalue weighted by atomic mass is 32.2. The number of hydrogen-bond donors (Lipinski definition) is 2. The van der Waals surface area contributed by atoms with Gasteiger partial charge in [-0.25, -0.2) is 0 Å². The quantitative estimate of drug-likeness (QED) is 0.231. The number of benzene rings is 2. The van der Waals surface area contributed by atoms with Crippen LogP contribution in [0.1, 0.15) is 56.9 Å². The monoisotopic (exact) mass is 631 g/mol. The molecule has 0 radical (unpaired) electrons. The average molecular weight is 632 g/mol. The Balaban J connectivity index is 1.12. The van der Waals surface area contributed by atoms with E-state index in [1.54, 1.807) is 36.0 Å². The number of rotatable bonds is 7. The Labute approximate surface area is 265 Å². The third-order valence-electron chi connectivity index (χ3n) is 11.5. The van der Waals surface area contributed by atoms with Crippen molar-refractivity contribution in [1.82, 2.24) is 0 Å². The molecular formula is C35H37NO8S. The van der Waals surface area contributed by atoms with E-state index in [0.717, 1.165) is 34.4 Å². The molecule has 2 N–H and O–H groups in total. The Morgan fingerprint density at radius 2 is 1.96 bits per heavy atom. The molecule has 7 rings (SSSR count). The molecular weight excluding hydrogens is 594 g/mol. The van der Waals surface area contributed by atoms with Gasteiger partial charge in [-0.2, -0.15) is 0 Å². The molecule has 5 aliphatic rings. The van der Waals surface area contributed by atoms with Gasteiger partial charge in [-0.3, -0.25) is 19.7 Å². The molecule has 4 aliphatic carbocycles. The summed E-state index contributed by atoms with van der Waals surface area (Å²) in [5, 5.41) is 33.1. The number of carbonyl (C=O) groups excluding carboxylic acids is 2. The fourth-order valence-corrected chi connectivity index (χ4v) is 10.3. The zero-order valence-electron chi connectivity index (χ0n) is 25.3. The second kappa shape index (κ2) is 11.0. The van der Waals surface area contributed by atoms with Gasteiger partial charge in [-0.1, -0.05) is 49.8 Å². The van der Waals surface area contributed by atoms with Crippen molar-refractivity contribution in [3.8, 4) is 0 Å². The molecule has 1 aliphatic heterocycles. The van der Waals surface area contributed by atoms with Gasteiger partial charge in [0.2, 0.25) is 0 Å². The van der Waals surface area contributed by atoms with E-state index < -0.39 is 52.2 Å². The number of nitro groups is 1. The molecule has 0 aromatic heterocycles. The number of carbonyl (C=O) groups is 2. The third-order valence-corrected chi connectivity index (χ3v) is 12.6. The molecule has 1 saturated heterocycles. The van der Waals surface area contributed by atoms with Crippen molar-refractivity contribution in [3.05, 3.63) is 93.6 Å². The van der Waals surface area contributed by atoms with Crippen LogP contribution in [0.4, 0.5) is 5.69 Å². The average Bonchev–Trinajstić information content (AvgIpc) is 3.53. The lowest BCUT2D eigenvalue weighted by Gasteiger charge is -2.59. The number of hydrogen-bond acceptors (Lipinski definition) is 9. The zero-order chi connectivity index (χ0) is 31.7. The summed E-state index contributed by atoms with van der Waals surface area (Å²) in [5.74, 6) is 0.176.